The van der Waals surface area contributed by atoms with Crippen molar-refractivity contribution in [3.63, 3.8) is 0 Å². The van der Waals surface area contributed by atoms with Crippen molar-refractivity contribution < 1.29 is 23.1 Å². The number of hydrogen-bond donors (Lipinski definition) is 0. The standard InChI is InChI=1S/C27H28F2N2O3S/c1-3-18(2)31(27(33)21-6-4-5-7-23(21)29)16-26(32)30-14-12-25-22(13-15-35-25)24(30)17-34-20-10-8-19(28)9-11-20/h4-11,13,15,18,24H,3,12,14,16-17H2,1-2H3/t18-,24+/m0/s1. The van der Waals surface area contributed by atoms with E-state index in [2.05, 4.69) is 0 Å². The number of nitrogens with zero attached hydrogens (tertiary/aromatic N) is 2. The Morgan fingerprint density at radius 3 is 2.60 bits per heavy atom. The molecular weight excluding hydrogens is 470 g/mol. The SMILES string of the molecule is CC[C@H](C)N(CC(=O)N1CCc2sccc2[C@H]1COc1ccc(F)cc1)C(=O)c1ccccc1F. The summed E-state index contributed by atoms with van der Waals surface area (Å²) in [7, 11) is 0. The third-order valence-corrected chi connectivity index (χ3v) is 7.43. The first-order valence-electron chi connectivity index (χ1n) is 11.7. The molecule has 2 amide bonds. The Morgan fingerprint density at radius 2 is 1.89 bits per heavy atom. The topological polar surface area (TPSA) is 49.9 Å². The summed E-state index contributed by atoms with van der Waals surface area (Å²) in [5.74, 6) is -1.17. The van der Waals surface area contributed by atoms with E-state index in [1.54, 1.807) is 34.4 Å². The van der Waals surface area contributed by atoms with E-state index in [1.807, 2.05) is 25.3 Å². The summed E-state index contributed by atoms with van der Waals surface area (Å²) >= 11 is 1.64. The van der Waals surface area contributed by atoms with Crippen molar-refractivity contribution in [3.8, 4) is 5.75 Å². The maximum atomic E-state index is 14.4. The van der Waals surface area contributed by atoms with Crippen LogP contribution in [-0.4, -0.2) is 47.4 Å². The first-order chi connectivity index (χ1) is 16.9. The molecule has 8 heteroatoms. The van der Waals surface area contributed by atoms with Crippen LogP contribution in [0.4, 0.5) is 8.78 Å². The van der Waals surface area contributed by atoms with Crippen molar-refractivity contribution in [2.45, 2.75) is 38.8 Å². The van der Waals surface area contributed by atoms with Crippen LogP contribution in [0.2, 0.25) is 0 Å². The van der Waals surface area contributed by atoms with Gasteiger partial charge in [-0.25, -0.2) is 8.78 Å². The van der Waals surface area contributed by atoms with Crippen LogP contribution < -0.4 is 4.74 Å². The van der Waals surface area contributed by atoms with Gasteiger partial charge in [0.15, 0.2) is 0 Å². The molecule has 1 aliphatic heterocycles. The van der Waals surface area contributed by atoms with Crippen LogP contribution >= 0.6 is 11.3 Å². The molecule has 0 aliphatic carbocycles. The summed E-state index contributed by atoms with van der Waals surface area (Å²) in [5.41, 5.74) is 0.975. The van der Waals surface area contributed by atoms with Gasteiger partial charge in [0.25, 0.3) is 5.91 Å². The van der Waals surface area contributed by atoms with E-state index in [-0.39, 0.29) is 42.5 Å². The maximum absolute atomic E-state index is 14.4. The van der Waals surface area contributed by atoms with Gasteiger partial charge >= 0.3 is 0 Å². The fourth-order valence-electron chi connectivity index (χ4n) is 4.25. The molecule has 1 aromatic heterocycles. The number of thiophene rings is 1. The summed E-state index contributed by atoms with van der Waals surface area (Å²) in [6, 6.07) is 13.0. The Balaban J connectivity index is 1.55. The molecule has 0 radical (unpaired) electrons. The quantitative estimate of drug-likeness (QED) is 0.414. The highest BCUT2D eigenvalue weighted by atomic mass is 32.1. The van der Waals surface area contributed by atoms with Crippen molar-refractivity contribution in [2.75, 3.05) is 19.7 Å². The van der Waals surface area contributed by atoms with Gasteiger partial charge in [-0.2, -0.15) is 0 Å². The molecule has 0 spiro atoms. The lowest BCUT2D eigenvalue weighted by atomic mass is 10.00. The van der Waals surface area contributed by atoms with Gasteiger partial charge in [-0.1, -0.05) is 19.1 Å². The molecule has 0 unspecified atom stereocenters. The minimum atomic E-state index is -0.607. The van der Waals surface area contributed by atoms with E-state index in [0.29, 0.717) is 18.7 Å². The Bertz CT molecular complexity index is 1180. The molecule has 0 N–H and O–H groups in total. The number of carbonyl (C=O) groups is 2. The third-order valence-electron chi connectivity index (χ3n) is 6.43. The molecule has 1 aliphatic rings. The monoisotopic (exact) mass is 498 g/mol. The van der Waals surface area contributed by atoms with Gasteiger partial charge in [0.1, 0.15) is 30.5 Å². The van der Waals surface area contributed by atoms with E-state index < -0.39 is 11.7 Å². The Kier molecular flexibility index (Phi) is 7.80. The number of rotatable bonds is 8. The van der Waals surface area contributed by atoms with Gasteiger partial charge < -0.3 is 14.5 Å². The van der Waals surface area contributed by atoms with E-state index in [0.717, 1.165) is 12.0 Å². The van der Waals surface area contributed by atoms with Crippen molar-refractivity contribution >= 4 is 23.2 Å². The second-order valence-corrected chi connectivity index (χ2v) is 9.59. The first kappa shape index (κ1) is 24.9. The average Bonchev–Trinajstić information content (AvgIpc) is 3.35. The summed E-state index contributed by atoms with van der Waals surface area (Å²) < 4.78 is 33.6. The molecule has 4 rings (SSSR count). The molecule has 5 nitrogen and oxygen atoms in total. The van der Waals surface area contributed by atoms with Crippen LogP contribution in [0.15, 0.2) is 60.0 Å². The lowest BCUT2D eigenvalue weighted by Crippen LogP contribution is -2.50. The summed E-state index contributed by atoms with van der Waals surface area (Å²) in [6.45, 7) is 4.31. The van der Waals surface area contributed by atoms with Crippen molar-refractivity contribution in [2.24, 2.45) is 0 Å². The molecular formula is C27H28F2N2O3S. The highest BCUT2D eigenvalue weighted by Gasteiger charge is 2.34. The van der Waals surface area contributed by atoms with E-state index >= 15 is 0 Å². The minimum Gasteiger partial charge on any atom is -0.491 e. The minimum absolute atomic E-state index is 0.0458. The molecule has 0 fully saturated rings. The van der Waals surface area contributed by atoms with Crippen LogP contribution in [0.3, 0.4) is 0 Å². The zero-order valence-corrected chi connectivity index (χ0v) is 20.6. The smallest absolute Gasteiger partial charge is 0.257 e. The van der Waals surface area contributed by atoms with Crippen molar-refractivity contribution in [1.82, 2.24) is 9.80 Å². The number of hydrogen-bond acceptors (Lipinski definition) is 4. The Morgan fingerprint density at radius 1 is 1.14 bits per heavy atom. The number of amides is 2. The summed E-state index contributed by atoms with van der Waals surface area (Å²) in [6.07, 6.45) is 1.34. The van der Waals surface area contributed by atoms with Gasteiger partial charge in [-0.15, -0.1) is 11.3 Å². The number of carbonyl (C=O) groups excluding carboxylic acids is 2. The van der Waals surface area contributed by atoms with Crippen LogP contribution in [0, 0.1) is 11.6 Å². The highest BCUT2D eigenvalue weighted by molar-refractivity contribution is 7.10. The Labute approximate surface area is 207 Å². The number of benzene rings is 2. The number of fused-ring (bicyclic) bond motifs is 1. The molecule has 184 valence electrons. The predicted molar refractivity (Wildman–Crippen MR) is 132 cm³/mol. The second kappa shape index (κ2) is 11.0. The van der Waals surface area contributed by atoms with E-state index in [4.69, 9.17) is 4.74 Å². The molecule has 0 bridgehead atoms. The zero-order chi connectivity index (χ0) is 24.9. The highest BCUT2D eigenvalue weighted by Crippen LogP contribution is 2.34. The van der Waals surface area contributed by atoms with Crippen LogP contribution in [0.5, 0.6) is 5.75 Å². The number of ether oxygens (including phenoxy) is 1. The fourth-order valence-corrected chi connectivity index (χ4v) is 5.18. The molecule has 0 saturated carbocycles. The van der Waals surface area contributed by atoms with Gasteiger partial charge in [0.2, 0.25) is 5.91 Å². The molecule has 2 atom stereocenters. The predicted octanol–water partition coefficient (Wildman–Crippen LogP) is 5.47. The van der Waals surface area contributed by atoms with Gasteiger partial charge in [0, 0.05) is 17.5 Å². The van der Waals surface area contributed by atoms with Crippen LogP contribution in [-0.2, 0) is 11.2 Å². The van der Waals surface area contributed by atoms with Gasteiger partial charge in [-0.3, -0.25) is 9.59 Å². The maximum Gasteiger partial charge on any atom is 0.257 e. The lowest BCUT2D eigenvalue weighted by Gasteiger charge is -2.38. The average molecular weight is 499 g/mol. The first-order valence-corrected chi connectivity index (χ1v) is 12.6. The largest absolute Gasteiger partial charge is 0.491 e. The zero-order valence-electron chi connectivity index (χ0n) is 19.7. The number of halogens is 2. The summed E-state index contributed by atoms with van der Waals surface area (Å²) in [4.78, 5) is 31.2. The molecule has 2 aromatic carbocycles. The normalized spacial score (nSPS) is 15.9. The van der Waals surface area contributed by atoms with Gasteiger partial charge in [0.05, 0.1) is 11.6 Å². The molecule has 3 aromatic rings. The van der Waals surface area contributed by atoms with Crippen LogP contribution in [0.1, 0.15) is 47.1 Å². The fraction of sp³-hybridized carbons (Fsp3) is 0.333. The summed E-state index contributed by atoms with van der Waals surface area (Å²) in [5, 5.41) is 2.00. The van der Waals surface area contributed by atoms with Gasteiger partial charge in [-0.05, 0) is 73.2 Å². The van der Waals surface area contributed by atoms with Crippen molar-refractivity contribution in [1.29, 1.82) is 0 Å². The molecule has 0 saturated heterocycles. The Hall–Kier alpha value is -3.26. The van der Waals surface area contributed by atoms with Crippen molar-refractivity contribution in [3.05, 3.63) is 87.6 Å². The molecule has 35 heavy (non-hydrogen) atoms. The van der Waals surface area contributed by atoms with E-state index in [1.165, 1.54) is 40.1 Å². The third kappa shape index (κ3) is 5.53. The van der Waals surface area contributed by atoms with E-state index in [9.17, 15) is 18.4 Å². The molecule has 2 heterocycles. The second-order valence-electron chi connectivity index (χ2n) is 8.59. The lowest BCUT2D eigenvalue weighted by molar-refractivity contribution is -0.136. The van der Waals surface area contributed by atoms with Crippen LogP contribution in [0.25, 0.3) is 0 Å².